The van der Waals surface area contributed by atoms with Crippen LogP contribution in [0.2, 0.25) is 0 Å². The summed E-state index contributed by atoms with van der Waals surface area (Å²) in [4.78, 5) is 0.343. The van der Waals surface area contributed by atoms with Gasteiger partial charge >= 0.3 is 0 Å². The Labute approximate surface area is 127 Å². The first kappa shape index (κ1) is 16.5. The van der Waals surface area contributed by atoms with Gasteiger partial charge in [-0.3, -0.25) is 0 Å². The average Bonchev–Trinajstić information content (AvgIpc) is 3.21. The molecule has 120 valence electrons. The molecule has 21 heavy (non-hydrogen) atoms. The van der Waals surface area contributed by atoms with Crippen LogP contribution >= 0.6 is 0 Å². The van der Waals surface area contributed by atoms with Gasteiger partial charge in [0.1, 0.15) is 16.4 Å². The van der Waals surface area contributed by atoms with E-state index in [1.807, 2.05) is 20.8 Å². The second-order valence-corrected chi connectivity index (χ2v) is 7.84. The molecule has 1 aromatic heterocycles. The Morgan fingerprint density at radius 2 is 1.95 bits per heavy atom. The van der Waals surface area contributed by atoms with Crippen molar-refractivity contribution in [2.75, 3.05) is 13.6 Å². The monoisotopic (exact) mass is 314 g/mol. The van der Waals surface area contributed by atoms with E-state index in [0.29, 0.717) is 28.9 Å². The van der Waals surface area contributed by atoms with Crippen LogP contribution in [-0.2, 0) is 16.6 Å². The Morgan fingerprint density at radius 1 is 1.33 bits per heavy atom. The van der Waals surface area contributed by atoms with Gasteiger partial charge in [0.05, 0.1) is 0 Å². The third-order valence-electron chi connectivity index (χ3n) is 4.39. The van der Waals surface area contributed by atoms with E-state index in [2.05, 4.69) is 5.32 Å². The first-order valence-electron chi connectivity index (χ1n) is 7.58. The highest BCUT2D eigenvalue weighted by atomic mass is 32.2. The fourth-order valence-corrected chi connectivity index (χ4v) is 4.57. The Bertz CT molecular complexity index is 603. The van der Waals surface area contributed by atoms with Crippen LogP contribution in [0, 0.1) is 19.8 Å². The molecule has 0 spiro atoms. The van der Waals surface area contributed by atoms with Gasteiger partial charge in [-0.2, -0.15) is 4.31 Å². The summed E-state index contributed by atoms with van der Waals surface area (Å²) in [6.45, 7) is 8.84. The molecule has 0 aromatic carbocycles. The molecule has 1 heterocycles. The van der Waals surface area contributed by atoms with E-state index in [0.717, 1.165) is 24.9 Å². The van der Waals surface area contributed by atoms with Gasteiger partial charge in [0.15, 0.2) is 0 Å². The van der Waals surface area contributed by atoms with Crippen molar-refractivity contribution in [3.8, 4) is 0 Å². The molecular formula is C15H26N2O3S. The standard InChI is InChI=1S/C15H26N2O3S/c1-6-16-9-14-11(3)20-12(4)15(14)21(18,19)17(5)10(2)13-7-8-13/h10,13,16H,6-9H2,1-5H3. The van der Waals surface area contributed by atoms with Crippen LogP contribution < -0.4 is 5.32 Å². The van der Waals surface area contributed by atoms with Crippen molar-refractivity contribution in [1.29, 1.82) is 0 Å². The summed E-state index contributed by atoms with van der Waals surface area (Å²) in [6.07, 6.45) is 2.24. The van der Waals surface area contributed by atoms with E-state index in [1.165, 1.54) is 4.31 Å². The van der Waals surface area contributed by atoms with Crippen LogP contribution in [0.1, 0.15) is 43.8 Å². The van der Waals surface area contributed by atoms with E-state index in [1.54, 1.807) is 14.0 Å². The van der Waals surface area contributed by atoms with Gasteiger partial charge in [0.2, 0.25) is 10.0 Å². The maximum atomic E-state index is 13.0. The van der Waals surface area contributed by atoms with Crippen molar-refractivity contribution in [1.82, 2.24) is 9.62 Å². The van der Waals surface area contributed by atoms with Crippen LogP contribution in [0.4, 0.5) is 0 Å². The third kappa shape index (κ3) is 3.17. The lowest BCUT2D eigenvalue weighted by Crippen LogP contribution is -2.37. The van der Waals surface area contributed by atoms with E-state index in [9.17, 15) is 8.42 Å². The summed E-state index contributed by atoms with van der Waals surface area (Å²) in [5, 5.41) is 3.19. The van der Waals surface area contributed by atoms with E-state index in [4.69, 9.17) is 4.42 Å². The molecule has 0 bridgehead atoms. The van der Waals surface area contributed by atoms with Crippen LogP contribution in [0.3, 0.4) is 0 Å². The predicted octanol–water partition coefficient (Wildman–Crippen LogP) is 2.42. The first-order valence-corrected chi connectivity index (χ1v) is 9.02. The largest absolute Gasteiger partial charge is 0.465 e. The summed E-state index contributed by atoms with van der Waals surface area (Å²) in [6, 6.07) is 0.0385. The SMILES string of the molecule is CCNCc1c(C)oc(C)c1S(=O)(=O)N(C)C(C)C1CC1. The lowest BCUT2D eigenvalue weighted by molar-refractivity contribution is 0.355. The van der Waals surface area contributed by atoms with Gasteiger partial charge < -0.3 is 9.73 Å². The highest BCUT2D eigenvalue weighted by molar-refractivity contribution is 7.89. The van der Waals surface area contributed by atoms with Crippen LogP contribution in [0.15, 0.2) is 9.31 Å². The Morgan fingerprint density at radius 3 is 2.48 bits per heavy atom. The molecule has 0 radical (unpaired) electrons. The number of aryl methyl sites for hydroxylation is 2. The molecule has 1 aliphatic rings. The highest BCUT2D eigenvalue weighted by Crippen LogP contribution is 2.37. The van der Waals surface area contributed by atoms with Gasteiger partial charge in [0, 0.05) is 25.2 Å². The van der Waals surface area contributed by atoms with Crippen molar-refractivity contribution in [2.45, 2.75) is 58.0 Å². The smallest absolute Gasteiger partial charge is 0.246 e. The lowest BCUT2D eigenvalue weighted by atomic mass is 10.2. The Balaban J connectivity index is 2.38. The molecule has 6 heteroatoms. The number of rotatable bonds is 7. The van der Waals surface area contributed by atoms with Crippen LogP contribution in [0.25, 0.3) is 0 Å². The molecule has 1 unspecified atom stereocenters. The number of nitrogens with one attached hydrogen (secondary N) is 1. The zero-order valence-corrected chi connectivity index (χ0v) is 14.4. The van der Waals surface area contributed by atoms with E-state index >= 15 is 0 Å². The Kier molecular flexibility index (Phi) is 4.80. The Hall–Kier alpha value is -0.850. The molecule has 0 saturated heterocycles. The molecule has 1 aromatic rings. The summed E-state index contributed by atoms with van der Waals surface area (Å²) in [5.41, 5.74) is 0.754. The van der Waals surface area contributed by atoms with Crippen molar-refractivity contribution in [3.05, 3.63) is 17.1 Å². The maximum absolute atomic E-state index is 13.0. The number of hydrogen-bond donors (Lipinski definition) is 1. The summed E-state index contributed by atoms with van der Waals surface area (Å²) >= 11 is 0. The lowest BCUT2D eigenvalue weighted by Gasteiger charge is -2.24. The van der Waals surface area contributed by atoms with Crippen molar-refractivity contribution >= 4 is 10.0 Å². The van der Waals surface area contributed by atoms with Crippen LogP contribution in [-0.4, -0.2) is 32.4 Å². The number of hydrogen-bond acceptors (Lipinski definition) is 4. The van der Waals surface area contributed by atoms with Gasteiger partial charge in [-0.25, -0.2) is 8.42 Å². The molecule has 2 rings (SSSR count). The van der Waals surface area contributed by atoms with Crippen molar-refractivity contribution in [3.63, 3.8) is 0 Å². The quantitative estimate of drug-likeness (QED) is 0.839. The molecule has 5 nitrogen and oxygen atoms in total. The zero-order chi connectivity index (χ0) is 15.8. The normalized spacial score (nSPS) is 17.4. The molecule has 1 fully saturated rings. The highest BCUT2D eigenvalue weighted by Gasteiger charge is 2.38. The molecular weight excluding hydrogens is 288 g/mol. The topological polar surface area (TPSA) is 62.6 Å². The molecule has 0 aliphatic heterocycles. The van der Waals surface area contributed by atoms with Gasteiger partial charge in [-0.1, -0.05) is 6.92 Å². The van der Waals surface area contributed by atoms with Crippen molar-refractivity contribution < 1.29 is 12.8 Å². The average molecular weight is 314 g/mol. The molecule has 1 N–H and O–H groups in total. The van der Waals surface area contributed by atoms with E-state index < -0.39 is 10.0 Å². The first-order chi connectivity index (χ1) is 9.80. The van der Waals surface area contributed by atoms with Gasteiger partial charge in [0.25, 0.3) is 0 Å². The van der Waals surface area contributed by atoms with Gasteiger partial charge in [-0.15, -0.1) is 0 Å². The zero-order valence-electron chi connectivity index (χ0n) is 13.6. The second kappa shape index (κ2) is 6.10. The van der Waals surface area contributed by atoms with E-state index in [-0.39, 0.29) is 6.04 Å². The van der Waals surface area contributed by atoms with Crippen LogP contribution in [0.5, 0.6) is 0 Å². The predicted molar refractivity (Wildman–Crippen MR) is 82.7 cm³/mol. The number of furan rings is 1. The number of sulfonamides is 1. The van der Waals surface area contributed by atoms with Crippen molar-refractivity contribution in [2.24, 2.45) is 5.92 Å². The summed E-state index contributed by atoms with van der Waals surface area (Å²) < 4.78 is 33.0. The molecule has 1 atom stereocenters. The molecule has 0 amide bonds. The summed E-state index contributed by atoms with van der Waals surface area (Å²) in [7, 11) is -1.84. The minimum absolute atomic E-state index is 0.0385. The molecule has 1 saturated carbocycles. The minimum Gasteiger partial charge on any atom is -0.465 e. The maximum Gasteiger partial charge on any atom is 0.246 e. The fraction of sp³-hybridized carbons (Fsp3) is 0.733. The second-order valence-electron chi connectivity index (χ2n) is 5.90. The van der Waals surface area contributed by atoms with Gasteiger partial charge in [-0.05, 0) is 46.1 Å². The fourth-order valence-electron chi connectivity index (χ4n) is 2.74. The number of nitrogens with zero attached hydrogens (tertiary/aromatic N) is 1. The summed E-state index contributed by atoms with van der Waals surface area (Å²) in [5.74, 6) is 1.66. The minimum atomic E-state index is -3.51. The molecule has 1 aliphatic carbocycles. The third-order valence-corrected chi connectivity index (χ3v) is 6.53.